The van der Waals surface area contributed by atoms with Crippen molar-refractivity contribution in [1.29, 1.82) is 0 Å². The van der Waals surface area contributed by atoms with Crippen molar-refractivity contribution in [3.63, 3.8) is 0 Å². The normalized spacial score (nSPS) is 11.8. The van der Waals surface area contributed by atoms with Gasteiger partial charge in [0.1, 0.15) is 0 Å². The largest absolute Gasteiger partial charge is 0.377 e. The van der Waals surface area contributed by atoms with Gasteiger partial charge in [0.05, 0.1) is 6.61 Å². The number of benzene rings is 1. The first-order chi connectivity index (χ1) is 10.7. The van der Waals surface area contributed by atoms with E-state index in [1.54, 1.807) is 0 Å². The molecule has 124 valence electrons. The molecule has 0 saturated heterocycles. The van der Waals surface area contributed by atoms with Crippen LogP contribution >= 0.6 is 0 Å². The van der Waals surface area contributed by atoms with Gasteiger partial charge in [0.15, 0.2) is 5.96 Å². The third kappa shape index (κ3) is 7.46. The van der Waals surface area contributed by atoms with Crippen molar-refractivity contribution in [1.82, 2.24) is 10.6 Å². The first-order valence-corrected chi connectivity index (χ1v) is 8.26. The quantitative estimate of drug-likeness (QED) is 0.418. The zero-order chi connectivity index (χ0) is 16.2. The molecule has 0 heterocycles. The second-order valence-corrected chi connectivity index (χ2v) is 5.79. The topological polar surface area (TPSA) is 45.6 Å². The SMILES string of the molecule is CCOCc1ccccc1CNC(=NC)NCCCC(C)C. The number of guanidine groups is 1. The highest BCUT2D eigenvalue weighted by Gasteiger charge is 2.03. The van der Waals surface area contributed by atoms with Gasteiger partial charge in [0.25, 0.3) is 0 Å². The molecule has 0 saturated carbocycles. The van der Waals surface area contributed by atoms with E-state index in [0.29, 0.717) is 6.61 Å². The number of hydrogen-bond donors (Lipinski definition) is 2. The predicted molar refractivity (Wildman–Crippen MR) is 94.0 cm³/mol. The van der Waals surface area contributed by atoms with Crippen LogP contribution in [0, 0.1) is 5.92 Å². The Hall–Kier alpha value is -1.55. The first-order valence-electron chi connectivity index (χ1n) is 8.26. The molecular formula is C18H31N3O. The van der Waals surface area contributed by atoms with E-state index in [0.717, 1.165) is 31.6 Å². The molecule has 0 aromatic heterocycles. The summed E-state index contributed by atoms with van der Waals surface area (Å²) in [5.41, 5.74) is 2.48. The van der Waals surface area contributed by atoms with Crippen molar-refractivity contribution in [2.24, 2.45) is 10.9 Å². The summed E-state index contributed by atoms with van der Waals surface area (Å²) in [4.78, 5) is 4.27. The van der Waals surface area contributed by atoms with Gasteiger partial charge in [-0.25, -0.2) is 0 Å². The maximum Gasteiger partial charge on any atom is 0.191 e. The molecule has 0 bridgehead atoms. The lowest BCUT2D eigenvalue weighted by atomic mass is 10.1. The molecule has 0 aliphatic carbocycles. The fourth-order valence-electron chi connectivity index (χ4n) is 2.20. The molecule has 0 amide bonds. The molecule has 0 aliphatic heterocycles. The summed E-state index contributed by atoms with van der Waals surface area (Å²) in [5, 5.41) is 6.74. The lowest BCUT2D eigenvalue weighted by molar-refractivity contribution is 0.133. The zero-order valence-corrected chi connectivity index (χ0v) is 14.5. The smallest absolute Gasteiger partial charge is 0.191 e. The molecule has 4 heteroatoms. The summed E-state index contributed by atoms with van der Waals surface area (Å²) in [6.07, 6.45) is 2.40. The minimum Gasteiger partial charge on any atom is -0.377 e. The van der Waals surface area contributed by atoms with Crippen LogP contribution in [0.15, 0.2) is 29.3 Å². The zero-order valence-electron chi connectivity index (χ0n) is 14.5. The van der Waals surface area contributed by atoms with Crippen LogP contribution < -0.4 is 10.6 Å². The fourth-order valence-corrected chi connectivity index (χ4v) is 2.20. The van der Waals surface area contributed by atoms with E-state index in [2.05, 4.69) is 53.7 Å². The Kier molecular flexibility index (Phi) is 9.31. The van der Waals surface area contributed by atoms with E-state index in [9.17, 15) is 0 Å². The standard InChI is InChI=1S/C18H31N3O/c1-5-22-14-17-11-7-6-10-16(17)13-21-18(19-4)20-12-8-9-15(2)3/h6-7,10-11,15H,5,8-9,12-14H2,1-4H3,(H2,19,20,21). The van der Waals surface area contributed by atoms with Crippen LogP contribution in [0.25, 0.3) is 0 Å². The second kappa shape index (κ2) is 11.1. The third-order valence-corrected chi connectivity index (χ3v) is 3.50. The van der Waals surface area contributed by atoms with Crippen LogP contribution in [-0.2, 0) is 17.9 Å². The maximum absolute atomic E-state index is 5.52. The summed E-state index contributed by atoms with van der Waals surface area (Å²) in [5.74, 6) is 1.61. The maximum atomic E-state index is 5.52. The number of nitrogens with one attached hydrogen (secondary N) is 2. The van der Waals surface area contributed by atoms with Crippen molar-refractivity contribution in [2.45, 2.75) is 46.8 Å². The molecule has 0 unspecified atom stereocenters. The Morgan fingerprint density at radius 2 is 1.91 bits per heavy atom. The summed E-state index contributed by atoms with van der Waals surface area (Å²) in [6, 6.07) is 8.36. The molecule has 0 aliphatic rings. The highest BCUT2D eigenvalue weighted by Crippen LogP contribution is 2.10. The Morgan fingerprint density at radius 3 is 2.55 bits per heavy atom. The number of rotatable bonds is 9. The third-order valence-electron chi connectivity index (χ3n) is 3.50. The van der Waals surface area contributed by atoms with E-state index in [-0.39, 0.29) is 0 Å². The minimum absolute atomic E-state index is 0.661. The van der Waals surface area contributed by atoms with Gasteiger partial charge in [-0.3, -0.25) is 4.99 Å². The predicted octanol–water partition coefficient (Wildman–Crippen LogP) is 3.32. The molecule has 22 heavy (non-hydrogen) atoms. The van der Waals surface area contributed by atoms with Gasteiger partial charge in [-0.2, -0.15) is 0 Å². The van der Waals surface area contributed by atoms with Gasteiger partial charge in [-0.05, 0) is 36.8 Å². The molecule has 4 nitrogen and oxygen atoms in total. The molecule has 2 N–H and O–H groups in total. The van der Waals surface area contributed by atoms with E-state index >= 15 is 0 Å². The van der Waals surface area contributed by atoms with Gasteiger partial charge >= 0.3 is 0 Å². The van der Waals surface area contributed by atoms with Gasteiger partial charge in [-0.15, -0.1) is 0 Å². The number of ether oxygens (including phenoxy) is 1. The van der Waals surface area contributed by atoms with Crippen LogP contribution in [0.4, 0.5) is 0 Å². The number of hydrogen-bond acceptors (Lipinski definition) is 2. The fraction of sp³-hybridized carbons (Fsp3) is 0.611. The highest BCUT2D eigenvalue weighted by molar-refractivity contribution is 5.79. The van der Waals surface area contributed by atoms with E-state index in [1.165, 1.54) is 24.0 Å². The van der Waals surface area contributed by atoms with Crippen molar-refractivity contribution in [2.75, 3.05) is 20.2 Å². The monoisotopic (exact) mass is 305 g/mol. The molecule has 0 spiro atoms. The van der Waals surface area contributed by atoms with E-state index < -0.39 is 0 Å². The average Bonchev–Trinajstić information content (AvgIpc) is 2.52. The summed E-state index contributed by atoms with van der Waals surface area (Å²) >= 11 is 0. The second-order valence-electron chi connectivity index (χ2n) is 5.79. The summed E-state index contributed by atoms with van der Waals surface area (Å²) < 4.78 is 5.52. The van der Waals surface area contributed by atoms with Crippen LogP contribution in [0.5, 0.6) is 0 Å². The Morgan fingerprint density at radius 1 is 1.18 bits per heavy atom. The Labute approximate surface area is 135 Å². The van der Waals surface area contributed by atoms with Gasteiger partial charge in [-0.1, -0.05) is 38.1 Å². The molecule has 0 radical (unpaired) electrons. The molecule has 1 aromatic rings. The molecule has 1 aromatic carbocycles. The van der Waals surface area contributed by atoms with Crippen LogP contribution in [0.1, 0.15) is 44.7 Å². The Balaban J connectivity index is 2.43. The van der Waals surface area contributed by atoms with Gasteiger partial charge in [0, 0.05) is 26.7 Å². The molecular weight excluding hydrogens is 274 g/mol. The summed E-state index contributed by atoms with van der Waals surface area (Å²) in [7, 11) is 1.81. The lowest BCUT2D eigenvalue weighted by Gasteiger charge is -2.14. The van der Waals surface area contributed by atoms with Crippen molar-refractivity contribution >= 4 is 5.96 Å². The van der Waals surface area contributed by atoms with Crippen LogP contribution in [-0.4, -0.2) is 26.2 Å². The minimum atomic E-state index is 0.661. The molecule has 1 rings (SSSR count). The van der Waals surface area contributed by atoms with Crippen LogP contribution in [0.2, 0.25) is 0 Å². The van der Waals surface area contributed by atoms with Crippen LogP contribution in [0.3, 0.4) is 0 Å². The lowest BCUT2D eigenvalue weighted by Crippen LogP contribution is -2.37. The first kappa shape index (κ1) is 18.5. The summed E-state index contributed by atoms with van der Waals surface area (Å²) in [6.45, 7) is 9.63. The van der Waals surface area contributed by atoms with Gasteiger partial charge < -0.3 is 15.4 Å². The van der Waals surface area contributed by atoms with Crippen molar-refractivity contribution in [3.8, 4) is 0 Å². The number of aliphatic imine (C=N–C) groups is 1. The van der Waals surface area contributed by atoms with Gasteiger partial charge in [0.2, 0.25) is 0 Å². The average molecular weight is 305 g/mol. The molecule has 0 atom stereocenters. The highest BCUT2D eigenvalue weighted by atomic mass is 16.5. The van der Waals surface area contributed by atoms with E-state index in [4.69, 9.17) is 4.74 Å². The van der Waals surface area contributed by atoms with Crippen molar-refractivity contribution in [3.05, 3.63) is 35.4 Å². The Bertz CT molecular complexity index is 444. The number of nitrogens with zero attached hydrogens (tertiary/aromatic N) is 1. The molecule has 0 fully saturated rings. The van der Waals surface area contributed by atoms with Crippen molar-refractivity contribution < 1.29 is 4.74 Å². The van der Waals surface area contributed by atoms with E-state index in [1.807, 2.05) is 14.0 Å².